The normalized spacial score (nSPS) is 14.5. The molecule has 0 atom stereocenters. The van der Waals surface area contributed by atoms with Crippen molar-refractivity contribution in [3.05, 3.63) is 47.3 Å². The Bertz CT molecular complexity index is 826. The van der Waals surface area contributed by atoms with Gasteiger partial charge in [-0.15, -0.1) is 0 Å². The van der Waals surface area contributed by atoms with Crippen molar-refractivity contribution in [3.8, 4) is 5.75 Å². The topological polar surface area (TPSA) is 87.9 Å². The van der Waals surface area contributed by atoms with Gasteiger partial charge in [0.1, 0.15) is 11.5 Å². The molecule has 2 aromatic rings. The summed E-state index contributed by atoms with van der Waals surface area (Å²) in [5, 5.41) is 6.75. The Kier molecular flexibility index (Phi) is 7.84. The lowest BCUT2D eigenvalue weighted by atomic mass is 10.2. The van der Waals surface area contributed by atoms with Crippen molar-refractivity contribution in [2.45, 2.75) is 26.7 Å². The lowest BCUT2D eigenvalue weighted by Gasteiger charge is -2.34. The highest BCUT2D eigenvalue weighted by molar-refractivity contribution is 5.94. The number of carbonyl (C=O) groups is 2. The van der Waals surface area contributed by atoms with E-state index in [1.54, 1.807) is 30.0 Å². The molecule has 0 aliphatic carbocycles. The summed E-state index contributed by atoms with van der Waals surface area (Å²) in [5.74, 6) is 1.23. The standard InChI is InChI=1S/C22H30N4O4/c1-3-4-15-29-19-7-5-18(6-8-19)21(27)23-9-10-25-11-13-26(14-12-25)22(28)20-16-17(2)30-24-20/h5-8,16H,3-4,9-15H2,1-2H3,(H,23,27). The van der Waals surface area contributed by atoms with Crippen molar-refractivity contribution in [2.24, 2.45) is 0 Å². The monoisotopic (exact) mass is 414 g/mol. The maximum absolute atomic E-state index is 12.4. The number of benzene rings is 1. The summed E-state index contributed by atoms with van der Waals surface area (Å²) >= 11 is 0. The number of piperazine rings is 1. The predicted molar refractivity (Wildman–Crippen MR) is 113 cm³/mol. The van der Waals surface area contributed by atoms with Gasteiger partial charge in [-0.2, -0.15) is 0 Å². The number of aromatic nitrogens is 1. The van der Waals surface area contributed by atoms with Crippen molar-refractivity contribution in [1.29, 1.82) is 0 Å². The number of rotatable bonds is 9. The minimum Gasteiger partial charge on any atom is -0.494 e. The lowest BCUT2D eigenvalue weighted by Crippen LogP contribution is -2.50. The van der Waals surface area contributed by atoms with Crippen molar-refractivity contribution < 1.29 is 18.8 Å². The average molecular weight is 415 g/mol. The van der Waals surface area contributed by atoms with Gasteiger partial charge in [0.05, 0.1) is 6.61 Å². The second-order valence-corrected chi connectivity index (χ2v) is 7.44. The van der Waals surface area contributed by atoms with Gasteiger partial charge in [-0.1, -0.05) is 18.5 Å². The number of unbranched alkanes of at least 4 members (excludes halogenated alkanes) is 1. The fourth-order valence-electron chi connectivity index (χ4n) is 3.27. The van der Waals surface area contributed by atoms with E-state index in [1.165, 1.54) is 0 Å². The number of nitrogens with zero attached hydrogens (tertiary/aromatic N) is 3. The SMILES string of the molecule is CCCCOc1ccc(C(=O)NCCN2CCN(C(=O)c3cc(C)on3)CC2)cc1. The van der Waals surface area contributed by atoms with Crippen LogP contribution in [0.4, 0.5) is 0 Å². The van der Waals surface area contributed by atoms with E-state index in [4.69, 9.17) is 9.26 Å². The maximum Gasteiger partial charge on any atom is 0.276 e. The summed E-state index contributed by atoms with van der Waals surface area (Å²) in [4.78, 5) is 28.7. The molecule has 8 heteroatoms. The first kappa shape index (κ1) is 21.8. The first-order valence-electron chi connectivity index (χ1n) is 10.5. The largest absolute Gasteiger partial charge is 0.494 e. The van der Waals surface area contributed by atoms with E-state index in [0.29, 0.717) is 43.3 Å². The van der Waals surface area contributed by atoms with E-state index >= 15 is 0 Å². The van der Waals surface area contributed by atoms with Gasteiger partial charge in [-0.25, -0.2) is 0 Å². The van der Waals surface area contributed by atoms with Crippen LogP contribution >= 0.6 is 0 Å². The maximum atomic E-state index is 12.4. The number of amides is 2. The van der Waals surface area contributed by atoms with E-state index in [2.05, 4.69) is 22.3 Å². The Labute approximate surface area is 177 Å². The molecule has 0 bridgehead atoms. The zero-order valence-corrected chi connectivity index (χ0v) is 17.7. The molecule has 2 heterocycles. The molecule has 0 saturated carbocycles. The molecule has 8 nitrogen and oxygen atoms in total. The molecule has 1 N–H and O–H groups in total. The average Bonchev–Trinajstić information content (AvgIpc) is 3.20. The molecule has 1 aromatic carbocycles. The molecule has 1 saturated heterocycles. The molecule has 0 radical (unpaired) electrons. The highest BCUT2D eigenvalue weighted by atomic mass is 16.5. The van der Waals surface area contributed by atoms with Crippen LogP contribution in [0, 0.1) is 6.92 Å². The molecule has 30 heavy (non-hydrogen) atoms. The van der Waals surface area contributed by atoms with Crippen molar-refractivity contribution in [2.75, 3.05) is 45.9 Å². The summed E-state index contributed by atoms with van der Waals surface area (Å²) in [6.45, 7) is 8.69. The van der Waals surface area contributed by atoms with Crippen LogP contribution in [0.25, 0.3) is 0 Å². The van der Waals surface area contributed by atoms with Crippen molar-refractivity contribution >= 4 is 11.8 Å². The smallest absolute Gasteiger partial charge is 0.276 e. The lowest BCUT2D eigenvalue weighted by molar-refractivity contribution is 0.0628. The molecule has 162 valence electrons. The Balaban J connectivity index is 1.35. The summed E-state index contributed by atoms with van der Waals surface area (Å²) in [7, 11) is 0. The van der Waals surface area contributed by atoms with Crippen molar-refractivity contribution in [1.82, 2.24) is 20.3 Å². The van der Waals surface area contributed by atoms with Crippen molar-refractivity contribution in [3.63, 3.8) is 0 Å². The van der Waals surface area contributed by atoms with Crippen LogP contribution in [0.1, 0.15) is 46.4 Å². The van der Waals surface area contributed by atoms with Gasteiger partial charge in [0.15, 0.2) is 5.69 Å². The van der Waals surface area contributed by atoms with Crippen LogP contribution in [-0.4, -0.2) is 72.6 Å². The predicted octanol–water partition coefficient (Wildman–Crippen LogP) is 2.35. The number of ether oxygens (including phenoxy) is 1. The molecule has 1 aromatic heterocycles. The first-order chi connectivity index (χ1) is 14.6. The number of carbonyl (C=O) groups excluding carboxylic acids is 2. The highest BCUT2D eigenvalue weighted by Gasteiger charge is 2.24. The quantitative estimate of drug-likeness (QED) is 0.634. The van der Waals surface area contributed by atoms with Crippen LogP contribution in [-0.2, 0) is 0 Å². The van der Waals surface area contributed by atoms with Crippen LogP contribution in [0.5, 0.6) is 5.75 Å². The van der Waals surface area contributed by atoms with E-state index in [1.807, 2.05) is 12.1 Å². The van der Waals surface area contributed by atoms with Gasteiger partial charge in [-0.05, 0) is 37.6 Å². The molecule has 1 fully saturated rings. The van der Waals surface area contributed by atoms with E-state index < -0.39 is 0 Å². The van der Waals surface area contributed by atoms with Crippen LogP contribution in [0.2, 0.25) is 0 Å². The Morgan fingerprint density at radius 1 is 1.17 bits per heavy atom. The number of hydrogen-bond donors (Lipinski definition) is 1. The summed E-state index contributed by atoms with van der Waals surface area (Å²) < 4.78 is 10.6. The first-order valence-corrected chi connectivity index (χ1v) is 10.5. The third kappa shape index (κ3) is 6.06. The molecule has 1 aliphatic rings. The van der Waals surface area contributed by atoms with Gasteiger partial charge in [0, 0.05) is 50.9 Å². The van der Waals surface area contributed by atoms with Crippen LogP contribution < -0.4 is 10.1 Å². The molecule has 0 spiro atoms. The zero-order chi connectivity index (χ0) is 21.3. The fourth-order valence-corrected chi connectivity index (χ4v) is 3.27. The molecular formula is C22H30N4O4. The Hall–Kier alpha value is -2.87. The number of nitrogens with one attached hydrogen (secondary N) is 1. The van der Waals surface area contributed by atoms with Gasteiger partial charge < -0.3 is 19.5 Å². The summed E-state index contributed by atoms with van der Waals surface area (Å²) in [6.07, 6.45) is 2.11. The summed E-state index contributed by atoms with van der Waals surface area (Å²) in [5.41, 5.74) is 0.978. The highest BCUT2D eigenvalue weighted by Crippen LogP contribution is 2.13. The number of aryl methyl sites for hydroxylation is 1. The van der Waals surface area contributed by atoms with Gasteiger partial charge in [0.25, 0.3) is 11.8 Å². The fraction of sp³-hybridized carbons (Fsp3) is 0.500. The van der Waals surface area contributed by atoms with Gasteiger partial charge in [0.2, 0.25) is 0 Å². The Morgan fingerprint density at radius 2 is 1.90 bits per heavy atom. The second-order valence-electron chi connectivity index (χ2n) is 7.44. The third-order valence-corrected chi connectivity index (χ3v) is 5.10. The summed E-state index contributed by atoms with van der Waals surface area (Å²) in [6, 6.07) is 8.89. The second kappa shape index (κ2) is 10.8. The van der Waals surface area contributed by atoms with E-state index in [9.17, 15) is 9.59 Å². The van der Waals surface area contributed by atoms with Gasteiger partial charge in [-0.3, -0.25) is 14.5 Å². The Morgan fingerprint density at radius 3 is 2.53 bits per heavy atom. The van der Waals surface area contributed by atoms with Gasteiger partial charge >= 0.3 is 0 Å². The van der Waals surface area contributed by atoms with Crippen LogP contribution in [0.15, 0.2) is 34.9 Å². The zero-order valence-electron chi connectivity index (χ0n) is 17.7. The molecular weight excluding hydrogens is 384 g/mol. The molecule has 0 unspecified atom stereocenters. The molecule has 3 rings (SSSR count). The number of hydrogen-bond acceptors (Lipinski definition) is 6. The third-order valence-electron chi connectivity index (χ3n) is 5.10. The minimum absolute atomic E-state index is 0.0923. The van der Waals surface area contributed by atoms with E-state index in [-0.39, 0.29) is 11.8 Å². The van der Waals surface area contributed by atoms with E-state index in [0.717, 1.165) is 38.2 Å². The molecule has 1 aliphatic heterocycles. The van der Waals surface area contributed by atoms with Crippen LogP contribution in [0.3, 0.4) is 0 Å². The minimum atomic E-state index is -0.0954. The molecule has 2 amide bonds.